The van der Waals surface area contributed by atoms with Crippen LogP contribution in [0.25, 0.3) is 16.9 Å². The smallest absolute Gasteiger partial charge is 0.329 e. The van der Waals surface area contributed by atoms with E-state index in [9.17, 15) is 54.0 Å². The summed E-state index contributed by atoms with van der Waals surface area (Å²) >= 11 is 0. The number of hydrogen-bond acceptors (Lipinski definition) is 15. The monoisotopic (exact) mass is 1140 g/mol. The first-order valence-electron chi connectivity index (χ1n) is 28.8. The van der Waals surface area contributed by atoms with Crippen molar-refractivity contribution in [2.75, 3.05) is 133 Å². The summed E-state index contributed by atoms with van der Waals surface area (Å²) in [5, 5.41) is 50.8. The second-order valence-electron chi connectivity index (χ2n) is 23.0. The average molecular weight is 1150 g/mol. The van der Waals surface area contributed by atoms with Gasteiger partial charge in [0.1, 0.15) is 17.0 Å². The molecule has 0 spiro atoms. The third kappa shape index (κ3) is 17.0. The lowest BCUT2D eigenvalue weighted by Gasteiger charge is -2.52. The van der Waals surface area contributed by atoms with E-state index in [0.29, 0.717) is 97.7 Å². The molecule has 0 radical (unpaired) electrons. The zero-order valence-electron chi connectivity index (χ0n) is 49.2. The molecule has 6 N–H and O–H groups in total. The molecule has 3 fully saturated rings. The molecule has 1 aromatic heterocycles. The molecule has 23 heteroatoms. The molecule has 6 rings (SSSR count). The topological polar surface area (TPSA) is 280 Å². The number of rotatable bonds is 26. The van der Waals surface area contributed by atoms with Crippen LogP contribution < -0.4 is 20.1 Å². The standard InChI is InChI=1S/C59H88N10O13/c1-9-41-30-42-29-40(4)59(58(79)80,44(31-41)32-42)61-56(77)46-34-48(55-49(81-7)13-10-14-50(55)82-8)69(62-46)47-16-15-43(33-45(47)39(2)3)57(78)68(20-12-18-63(5)6)19-11-17-60-51(70)35-64-21-23-65(36-52(71)72)25-27-67(38-54(75)76)28-26-66(24-22-64)37-53(73)74/h10,13-16,33-34,39-42,44H,9,11-12,17-32,35-38H2,1-8H3,(H,60,70)(H,61,77)(H,71,72)(H,73,74)(H,75,76)(H,79,80). The van der Waals surface area contributed by atoms with Crippen molar-refractivity contribution in [1.82, 2.24) is 49.8 Å². The lowest BCUT2D eigenvalue weighted by atomic mass is 9.56. The summed E-state index contributed by atoms with van der Waals surface area (Å²) in [5.74, 6) is -4.33. The van der Waals surface area contributed by atoms with E-state index in [4.69, 9.17) is 14.6 Å². The summed E-state index contributed by atoms with van der Waals surface area (Å²) in [6.45, 7) is 11.1. The SMILES string of the molecule is CCC1CC2CC(C)C(NC(=O)c3cc(-c4c(OC)cccc4OC)n(-c4ccc(C(=O)N(CCCNC(=O)CN5CCN(CC(=O)O)CCN(CC(=O)O)CCN(CC(=O)O)CC5)CCCN(C)C)cc4C(C)C)n3)(C(=O)O)C(C1)C2. The summed E-state index contributed by atoms with van der Waals surface area (Å²) in [4.78, 5) is 103. The number of benzene rings is 2. The van der Waals surface area contributed by atoms with E-state index in [1.165, 1.54) is 14.2 Å². The molecule has 2 aliphatic carbocycles. The molecule has 3 aromatic rings. The largest absolute Gasteiger partial charge is 0.496 e. The quantitative estimate of drug-likeness (QED) is 0.0618. The maximum absolute atomic E-state index is 14.8. The van der Waals surface area contributed by atoms with Gasteiger partial charge >= 0.3 is 23.9 Å². The van der Waals surface area contributed by atoms with Gasteiger partial charge in [-0.15, -0.1) is 0 Å². The molecule has 82 heavy (non-hydrogen) atoms. The predicted molar refractivity (Wildman–Crippen MR) is 308 cm³/mol. The number of methoxy groups -OCH3 is 2. The lowest BCUT2D eigenvalue weighted by molar-refractivity contribution is -0.155. The highest BCUT2D eigenvalue weighted by Crippen LogP contribution is 2.51. The number of ether oxygens (including phenoxy) is 2. The van der Waals surface area contributed by atoms with E-state index in [-0.39, 0.29) is 107 Å². The first kappa shape index (κ1) is 64.5. The van der Waals surface area contributed by atoms with Gasteiger partial charge in [0.2, 0.25) is 5.91 Å². The number of nitrogens with one attached hydrogen (secondary N) is 2. The number of aromatic nitrogens is 2. The van der Waals surface area contributed by atoms with Gasteiger partial charge in [0.15, 0.2) is 5.69 Å². The van der Waals surface area contributed by atoms with Crippen molar-refractivity contribution in [3.8, 4) is 28.4 Å². The molecule has 1 saturated heterocycles. The van der Waals surface area contributed by atoms with E-state index in [1.54, 1.807) is 54.6 Å². The fourth-order valence-corrected chi connectivity index (χ4v) is 12.4. The Hall–Kier alpha value is -6.66. The molecule has 2 heterocycles. The molecule has 2 bridgehead atoms. The maximum atomic E-state index is 14.8. The Kier molecular flexibility index (Phi) is 23.6. The number of carbonyl (C=O) groups is 7. The van der Waals surface area contributed by atoms with E-state index in [2.05, 4.69) is 17.6 Å². The van der Waals surface area contributed by atoms with Crippen LogP contribution in [0.15, 0.2) is 42.5 Å². The van der Waals surface area contributed by atoms with Gasteiger partial charge in [-0.05, 0) is 131 Å². The van der Waals surface area contributed by atoms with E-state index in [1.807, 2.05) is 56.8 Å². The van der Waals surface area contributed by atoms with Gasteiger partial charge in [0, 0.05) is 77.6 Å². The van der Waals surface area contributed by atoms with Crippen LogP contribution in [-0.2, 0) is 24.0 Å². The molecule has 3 aliphatic rings. The number of amides is 3. The van der Waals surface area contributed by atoms with Crippen LogP contribution in [0, 0.1) is 23.7 Å². The van der Waals surface area contributed by atoms with E-state index < -0.39 is 35.3 Å². The molecule has 1 aliphatic heterocycles. The Bertz CT molecular complexity index is 2640. The summed E-state index contributed by atoms with van der Waals surface area (Å²) in [5.41, 5.74) is 1.24. The van der Waals surface area contributed by atoms with Crippen molar-refractivity contribution in [1.29, 1.82) is 0 Å². The highest BCUT2D eigenvalue weighted by Gasteiger charge is 2.57. The average Bonchev–Trinajstić information content (AvgIpc) is 2.04. The number of carboxylic acids is 4. The van der Waals surface area contributed by atoms with E-state index in [0.717, 1.165) is 31.4 Å². The Morgan fingerprint density at radius 2 is 1.27 bits per heavy atom. The second-order valence-corrected chi connectivity index (χ2v) is 23.0. The minimum atomic E-state index is -1.49. The molecule has 23 nitrogen and oxygen atoms in total. The van der Waals surface area contributed by atoms with Crippen LogP contribution in [0.1, 0.15) is 105 Å². The van der Waals surface area contributed by atoms with Crippen molar-refractivity contribution in [3.63, 3.8) is 0 Å². The summed E-state index contributed by atoms with van der Waals surface area (Å²) < 4.78 is 13.4. The molecule has 2 saturated carbocycles. The molecule has 5 unspecified atom stereocenters. The highest BCUT2D eigenvalue weighted by molar-refractivity contribution is 5.98. The Balaban J connectivity index is 1.23. The van der Waals surface area contributed by atoms with Gasteiger partial charge in [-0.25, -0.2) is 9.48 Å². The van der Waals surface area contributed by atoms with E-state index >= 15 is 0 Å². The molecule has 2 aromatic carbocycles. The van der Waals surface area contributed by atoms with Gasteiger partial charge in [0.25, 0.3) is 11.8 Å². The summed E-state index contributed by atoms with van der Waals surface area (Å²) in [6.07, 6.45) is 5.25. The number of carboxylic acid groups (broad SMARTS) is 4. The molecular formula is C59H88N10O13. The van der Waals surface area contributed by atoms with Crippen molar-refractivity contribution >= 4 is 41.6 Å². The van der Waals surface area contributed by atoms with Crippen molar-refractivity contribution in [2.45, 2.75) is 84.1 Å². The van der Waals surface area contributed by atoms with Gasteiger partial charge in [0.05, 0.1) is 57.3 Å². The zero-order valence-corrected chi connectivity index (χ0v) is 49.2. The molecular weight excluding hydrogens is 1060 g/mol. The predicted octanol–water partition coefficient (Wildman–Crippen LogP) is 4.09. The summed E-state index contributed by atoms with van der Waals surface area (Å²) in [7, 11) is 7.00. The fraction of sp³-hybridized carbons (Fsp3) is 0.627. The second kappa shape index (κ2) is 30.1. The van der Waals surface area contributed by atoms with Crippen molar-refractivity contribution in [3.05, 3.63) is 59.3 Å². The van der Waals surface area contributed by atoms with Gasteiger partial charge in [-0.1, -0.05) is 40.2 Å². The van der Waals surface area contributed by atoms with Crippen molar-refractivity contribution in [2.24, 2.45) is 23.7 Å². The zero-order chi connectivity index (χ0) is 59.8. The van der Waals surface area contributed by atoms with Gasteiger partial charge in [-0.3, -0.25) is 48.4 Å². The minimum Gasteiger partial charge on any atom is -0.496 e. The van der Waals surface area contributed by atoms with Crippen LogP contribution in [0.4, 0.5) is 0 Å². The maximum Gasteiger partial charge on any atom is 0.329 e. The van der Waals surface area contributed by atoms with Gasteiger partial charge < -0.3 is 50.3 Å². The molecule has 452 valence electrons. The first-order valence-corrected chi connectivity index (χ1v) is 28.8. The van der Waals surface area contributed by atoms with Crippen LogP contribution in [0.5, 0.6) is 11.5 Å². The fourth-order valence-electron chi connectivity index (χ4n) is 12.4. The third-order valence-corrected chi connectivity index (χ3v) is 16.6. The number of nitrogens with zero attached hydrogens (tertiary/aromatic N) is 8. The first-order chi connectivity index (χ1) is 39.1. The number of fused-ring (bicyclic) bond motifs is 2. The minimum absolute atomic E-state index is 0.00517. The Morgan fingerprint density at radius 3 is 1.77 bits per heavy atom. The Labute approximate surface area is 481 Å². The number of carbonyl (C=O) groups excluding carboxylic acids is 3. The van der Waals surface area contributed by atoms with Gasteiger partial charge in [-0.2, -0.15) is 5.10 Å². The summed E-state index contributed by atoms with van der Waals surface area (Å²) in [6, 6.07) is 12.4. The molecule has 5 atom stereocenters. The van der Waals surface area contributed by atoms with Crippen LogP contribution in [0.2, 0.25) is 0 Å². The number of aliphatic carboxylic acids is 4. The van der Waals surface area contributed by atoms with Crippen LogP contribution in [-0.4, -0.2) is 240 Å². The van der Waals surface area contributed by atoms with Crippen molar-refractivity contribution < 1.29 is 63.5 Å². The normalized spacial score (nSPS) is 21.5. The third-order valence-electron chi connectivity index (χ3n) is 16.6. The number of hydrogen-bond donors (Lipinski definition) is 6. The van der Waals surface area contributed by atoms with Crippen LogP contribution in [0.3, 0.4) is 0 Å². The lowest BCUT2D eigenvalue weighted by Crippen LogP contribution is -2.66. The Morgan fingerprint density at radius 1 is 0.720 bits per heavy atom. The van der Waals surface area contributed by atoms with Crippen LogP contribution >= 0.6 is 0 Å². The highest BCUT2D eigenvalue weighted by atomic mass is 16.5. The molecule has 3 amide bonds.